The molecule has 0 saturated carbocycles. The zero-order valence-electron chi connectivity index (χ0n) is 11.1. The molecule has 0 radical (unpaired) electrons. The van der Waals surface area contributed by atoms with E-state index < -0.39 is 0 Å². The largest absolute Gasteiger partial charge is 0.396 e. The number of aliphatic hydroxyl groups is 1. The molecule has 0 aliphatic heterocycles. The number of aliphatic hydroxyl groups excluding tert-OH is 1. The van der Waals surface area contributed by atoms with Gasteiger partial charge in [0.25, 0.3) is 0 Å². The normalized spacial score (nSPS) is 21.4. The van der Waals surface area contributed by atoms with Crippen molar-refractivity contribution in [3.05, 3.63) is 47.5 Å². The molecule has 19 heavy (non-hydrogen) atoms. The minimum atomic E-state index is -0.172. The van der Waals surface area contributed by atoms with Crippen LogP contribution in [0.25, 0.3) is 0 Å². The van der Waals surface area contributed by atoms with Crippen LogP contribution in [0.3, 0.4) is 0 Å². The minimum absolute atomic E-state index is 0.0233. The molecule has 1 aliphatic carbocycles. The van der Waals surface area contributed by atoms with Gasteiger partial charge in [0.05, 0.1) is 0 Å². The van der Waals surface area contributed by atoms with Crippen molar-refractivity contribution in [2.45, 2.75) is 25.9 Å². The van der Waals surface area contributed by atoms with Gasteiger partial charge >= 0.3 is 6.03 Å². The molecule has 102 valence electrons. The summed E-state index contributed by atoms with van der Waals surface area (Å²) >= 11 is 0. The highest BCUT2D eigenvalue weighted by Gasteiger charge is 2.19. The summed E-state index contributed by atoms with van der Waals surface area (Å²) in [7, 11) is 0. The molecule has 0 unspecified atom stereocenters. The third-order valence-corrected chi connectivity index (χ3v) is 3.30. The summed E-state index contributed by atoms with van der Waals surface area (Å²) in [6.07, 6.45) is 4.66. The first-order chi connectivity index (χ1) is 9.17. The Balaban J connectivity index is 1.73. The van der Waals surface area contributed by atoms with E-state index in [0.29, 0.717) is 6.54 Å². The number of carbonyl (C=O) groups excluding carboxylic acids is 1. The van der Waals surface area contributed by atoms with E-state index in [1.807, 2.05) is 43.3 Å². The molecule has 2 rings (SSSR count). The predicted octanol–water partition coefficient (Wildman–Crippen LogP) is 1.73. The molecule has 2 amide bonds. The molecule has 4 heteroatoms. The van der Waals surface area contributed by atoms with Crippen molar-refractivity contribution >= 4 is 6.03 Å². The van der Waals surface area contributed by atoms with E-state index in [2.05, 4.69) is 10.6 Å². The fourth-order valence-electron chi connectivity index (χ4n) is 2.12. The number of benzene rings is 1. The van der Waals surface area contributed by atoms with Crippen molar-refractivity contribution in [3.8, 4) is 0 Å². The van der Waals surface area contributed by atoms with Crippen molar-refractivity contribution in [1.82, 2.24) is 10.6 Å². The van der Waals surface area contributed by atoms with Gasteiger partial charge in [-0.05, 0) is 18.9 Å². The maximum absolute atomic E-state index is 11.7. The van der Waals surface area contributed by atoms with Gasteiger partial charge < -0.3 is 15.7 Å². The van der Waals surface area contributed by atoms with E-state index in [-0.39, 0.29) is 24.6 Å². The first-order valence-corrected chi connectivity index (χ1v) is 6.56. The number of hydrogen-bond acceptors (Lipinski definition) is 2. The van der Waals surface area contributed by atoms with Crippen LogP contribution in [0.4, 0.5) is 4.79 Å². The topological polar surface area (TPSA) is 61.4 Å². The van der Waals surface area contributed by atoms with E-state index in [0.717, 1.165) is 12.0 Å². The number of nitrogens with one attached hydrogen (secondary N) is 2. The quantitative estimate of drug-likeness (QED) is 0.722. The summed E-state index contributed by atoms with van der Waals surface area (Å²) in [5, 5.41) is 14.7. The lowest BCUT2D eigenvalue weighted by Gasteiger charge is -2.13. The van der Waals surface area contributed by atoms with Gasteiger partial charge in [0, 0.05) is 25.1 Å². The molecule has 3 N–H and O–H groups in total. The molecular weight excluding hydrogens is 240 g/mol. The van der Waals surface area contributed by atoms with Crippen LogP contribution in [0.1, 0.15) is 17.5 Å². The Hall–Kier alpha value is -1.81. The summed E-state index contributed by atoms with van der Waals surface area (Å²) in [5.41, 5.74) is 2.29. The van der Waals surface area contributed by atoms with Crippen LogP contribution in [0.15, 0.2) is 36.4 Å². The zero-order chi connectivity index (χ0) is 13.7. The number of carbonyl (C=O) groups is 1. The first kappa shape index (κ1) is 13.6. The van der Waals surface area contributed by atoms with Crippen LogP contribution in [0.2, 0.25) is 0 Å². The van der Waals surface area contributed by atoms with Crippen LogP contribution in [0.5, 0.6) is 0 Å². The Bertz CT molecular complexity index is 454. The van der Waals surface area contributed by atoms with Gasteiger partial charge in [-0.2, -0.15) is 0 Å². The molecule has 0 heterocycles. The molecule has 1 aliphatic rings. The summed E-state index contributed by atoms with van der Waals surface area (Å²) in [4.78, 5) is 11.7. The monoisotopic (exact) mass is 260 g/mol. The van der Waals surface area contributed by atoms with Crippen LogP contribution in [0, 0.1) is 12.8 Å². The molecule has 4 nitrogen and oxygen atoms in total. The third-order valence-electron chi connectivity index (χ3n) is 3.30. The summed E-state index contributed by atoms with van der Waals surface area (Å²) in [5.74, 6) is 0.169. The summed E-state index contributed by atoms with van der Waals surface area (Å²) in [6.45, 7) is 2.69. The Morgan fingerprint density at radius 2 is 2.05 bits per heavy atom. The van der Waals surface area contributed by atoms with Gasteiger partial charge in [-0.1, -0.05) is 42.0 Å². The van der Waals surface area contributed by atoms with Gasteiger partial charge in [-0.15, -0.1) is 0 Å². The smallest absolute Gasteiger partial charge is 0.315 e. The fraction of sp³-hybridized carbons (Fsp3) is 0.400. The van der Waals surface area contributed by atoms with E-state index in [1.54, 1.807) is 0 Å². The lowest BCUT2D eigenvalue weighted by atomic mass is 10.1. The van der Waals surface area contributed by atoms with Gasteiger partial charge in [0.15, 0.2) is 0 Å². The molecular formula is C15H20N2O2. The van der Waals surface area contributed by atoms with Crippen LogP contribution in [-0.2, 0) is 6.54 Å². The van der Waals surface area contributed by atoms with Crippen LogP contribution >= 0.6 is 0 Å². The van der Waals surface area contributed by atoms with Gasteiger partial charge in [-0.3, -0.25) is 0 Å². The molecule has 2 atom stereocenters. The van der Waals surface area contributed by atoms with E-state index in [1.165, 1.54) is 5.56 Å². The van der Waals surface area contributed by atoms with Crippen molar-refractivity contribution in [2.75, 3.05) is 6.61 Å². The number of urea groups is 1. The maximum atomic E-state index is 11.7. The average molecular weight is 260 g/mol. The molecule has 0 saturated heterocycles. The lowest BCUT2D eigenvalue weighted by Crippen LogP contribution is -2.40. The molecule has 0 spiro atoms. The van der Waals surface area contributed by atoms with Crippen molar-refractivity contribution in [2.24, 2.45) is 5.92 Å². The number of rotatable bonds is 4. The van der Waals surface area contributed by atoms with Gasteiger partial charge in [0.1, 0.15) is 0 Å². The predicted molar refractivity (Wildman–Crippen MR) is 74.7 cm³/mol. The van der Waals surface area contributed by atoms with Crippen molar-refractivity contribution in [3.63, 3.8) is 0 Å². The van der Waals surface area contributed by atoms with Crippen LogP contribution in [-0.4, -0.2) is 23.8 Å². The highest BCUT2D eigenvalue weighted by atomic mass is 16.3. The molecule has 0 aromatic heterocycles. The number of amides is 2. The molecule has 1 aromatic carbocycles. The lowest BCUT2D eigenvalue weighted by molar-refractivity contribution is 0.231. The number of aryl methyl sites for hydroxylation is 1. The van der Waals surface area contributed by atoms with Gasteiger partial charge in [-0.25, -0.2) is 4.79 Å². The minimum Gasteiger partial charge on any atom is -0.396 e. The average Bonchev–Trinajstić information content (AvgIpc) is 2.86. The third kappa shape index (κ3) is 4.10. The summed E-state index contributed by atoms with van der Waals surface area (Å²) in [6, 6.07) is 7.92. The van der Waals surface area contributed by atoms with E-state index in [9.17, 15) is 4.79 Å². The van der Waals surface area contributed by atoms with Gasteiger partial charge in [0.2, 0.25) is 0 Å². The number of hydrogen-bond donors (Lipinski definition) is 3. The molecule has 0 fully saturated rings. The zero-order valence-corrected chi connectivity index (χ0v) is 11.1. The fourth-order valence-corrected chi connectivity index (χ4v) is 2.12. The second-order valence-electron chi connectivity index (χ2n) is 4.98. The Morgan fingerprint density at radius 3 is 2.68 bits per heavy atom. The highest BCUT2D eigenvalue weighted by molar-refractivity contribution is 5.74. The highest BCUT2D eigenvalue weighted by Crippen LogP contribution is 2.16. The maximum Gasteiger partial charge on any atom is 0.315 e. The Kier molecular flexibility index (Phi) is 4.58. The van der Waals surface area contributed by atoms with Crippen molar-refractivity contribution < 1.29 is 9.90 Å². The van der Waals surface area contributed by atoms with E-state index >= 15 is 0 Å². The summed E-state index contributed by atoms with van der Waals surface area (Å²) < 4.78 is 0. The molecule has 0 bridgehead atoms. The Labute approximate surface area is 113 Å². The SMILES string of the molecule is Cc1ccc(CNC(=O)N[C@@H]2C=C[C@H](CO)C2)cc1. The second-order valence-corrected chi connectivity index (χ2v) is 4.98. The van der Waals surface area contributed by atoms with Crippen LogP contribution < -0.4 is 10.6 Å². The molecule has 1 aromatic rings. The first-order valence-electron chi connectivity index (χ1n) is 6.56. The standard InChI is InChI=1S/C15H20N2O2/c1-11-2-4-12(5-3-11)9-16-15(19)17-14-7-6-13(8-14)10-18/h2-7,13-14,18H,8-10H2,1H3,(H2,16,17,19)/t13-,14+/m0/s1. The van der Waals surface area contributed by atoms with E-state index in [4.69, 9.17) is 5.11 Å². The Morgan fingerprint density at radius 1 is 1.32 bits per heavy atom. The van der Waals surface area contributed by atoms with Crippen molar-refractivity contribution in [1.29, 1.82) is 0 Å². The second kappa shape index (κ2) is 6.38.